The Morgan fingerprint density at radius 1 is 1.19 bits per heavy atom. The fourth-order valence-corrected chi connectivity index (χ4v) is 4.58. The van der Waals surface area contributed by atoms with Crippen LogP contribution in [0.15, 0.2) is 24.3 Å². The van der Waals surface area contributed by atoms with Crippen LogP contribution in [0.25, 0.3) is 11.0 Å². The standard InChI is InChI=1S/C24H37N5O2/c1-6-21-26-19-9-7-8-10-20(19)29(21)15-22(30)28-13-11-18(12-14-28)23(31)25-16-24(2,3)17-27(4)5/h7-10,18H,6,11-17H2,1-5H3,(H,25,31). The van der Waals surface area contributed by atoms with Crippen molar-refractivity contribution in [1.82, 2.24) is 24.7 Å². The van der Waals surface area contributed by atoms with Crippen molar-refractivity contribution in [3.63, 3.8) is 0 Å². The van der Waals surface area contributed by atoms with E-state index in [2.05, 4.69) is 36.0 Å². The van der Waals surface area contributed by atoms with Crippen molar-refractivity contribution in [1.29, 1.82) is 0 Å². The lowest BCUT2D eigenvalue weighted by Crippen LogP contribution is -2.46. The van der Waals surface area contributed by atoms with Crippen molar-refractivity contribution in [3.8, 4) is 0 Å². The lowest BCUT2D eigenvalue weighted by atomic mass is 9.91. The average molecular weight is 428 g/mol. The van der Waals surface area contributed by atoms with Crippen LogP contribution in [-0.2, 0) is 22.6 Å². The molecule has 31 heavy (non-hydrogen) atoms. The molecule has 3 rings (SSSR count). The van der Waals surface area contributed by atoms with Gasteiger partial charge in [-0.05, 0) is 44.5 Å². The van der Waals surface area contributed by atoms with Gasteiger partial charge in [-0.1, -0.05) is 32.9 Å². The number of hydrogen-bond acceptors (Lipinski definition) is 4. The van der Waals surface area contributed by atoms with Gasteiger partial charge >= 0.3 is 0 Å². The van der Waals surface area contributed by atoms with Gasteiger partial charge in [0, 0.05) is 38.5 Å². The average Bonchev–Trinajstić information content (AvgIpc) is 3.09. The van der Waals surface area contributed by atoms with Gasteiger partial charge in [-0.15, -0.1) is 0 Å². The molecule has 1 aromatic carbocycles. The largest absolute Gasteiger partial charge is 0.355 e. The molecule has 0 aliphatic carbocycles. The number of imidazole rings is 1. The molecule has 0 atom stereocenters. The number of amides is 2. The Balaban J connectivity index is 1.53. The first-order chi connectivity index (χ1) is 14.7. The Bertz CT molecular complexity index is 910. The zero-order chi connectivity index (χ0) is 22.6. The van der Waals surface area contributed by atoms with Crippen LogP contribution >= 0.6 is 0 Å². The number of benzene rings is 1. The highest BCUT2D eigenvalue weighted by Crippen LogP contribution is 2.21. The van der Waals surface area contributed by atoms with E-state index in [-0.39, 0.29) is 23.1 Å². The van der Waals surface area contributed by atoms with E-state index in [1.54, 1.807) is 0 Å². The summed E-state index contributed by atoms with van der Waals surface area (Å²) in [4.78, 5) is 34.3. The van der Waals surface area contributed by atoms with Gasteiger partial charge in [0.05, 0.1) is 11.0 Å². The van der Waals surface area contributed by atoms with Crippen molar-refractivity contribution in [3.05, 3.63) is 30.1 Å². The lowest BCUT2D eigenvalue weighted by Gasteiger charge is -2.33. The highest BCUT2D eigenvalue weighted by Gasteiger charge is 2.29. The number of para-hydroxylation sites is 2. The molecule has 2 amide bonds. The molecule has 0 bridgehead atoms. The predicted molar refractivity (Wildman–Crippen MR) is 124 cm³/mol. The number of rotatable bonds is 8. The predicted octanol–water partition coefficient (Wildman–Crippen LogP) is 2.54. The first-order valence-corrected chi connectivity index (χ1v) is 11.3. The first kappa shape index (κ1) is 23.3. The summed E-state index contributed by atoms with van der Waals surface area (Å²) in [6.45, 7) is 9.54. The van der Waals surface area contributed by atoms with Gasteiger partial charge in [-0.3, -0.25) is 9.59 Å². The Morgan fingerprint density at radius 3 is 2.52 bits per heavy atom. The molecule has 0 saturated carbocycles. The summed E-state index contributed by atoms with van der Waals surface area (Å²) in [5.41, 5.74) is 1.96. The number of aromatic nitrogens is 2. The SMILES string of the molecule is CCc1nc2ccccc2n1CC(=O)N1CCC(C(=O)NCC(C)(C)CN(C)C)CC1. The number of piperidine rings is 1. The van der Waals surface area contributed by atoms with Crippen LogP contribution in [0.4, 0.5) is 0 Å². The van der Waals surface area contributed by atoms with Crippen molar-refractivity contribution in [2.75, 3.05) is 40.3 Å². The first-order valence-electron chi connectivity index (χ1n) is 11.3. The van der Waals surface area contributed by atoms with Crippen LogP contribution in [0.5, 0.6) is 0 Å². The molecule has 0 radical (unpaired) electrons. The number of carbonyl (C=O) groups is 2. The van der Waals surface area contributed by atoms with Crippen molar-refractivity contribution < 1.29 is 9.59 Å². The summed E-state index contributed by atoms with van der Waals surface area (Å²) in [5, 5.41) is 3.13. The van der Waals surface area contributed by atoms with Crippen LogP contribution < -0.4 is 5.32 Å². The third kappa shape index (κ3) is 5.85. The second-order valence-corrected chi connectivity index (χ2v) is 9.73. The van der Waals surface area contributed by atoms with E-state index in [1.807, 2.05) is 47.8 Å². The molecule has 1 saturated heterocycles. The number of nitrogens with one attached hydrogen (secondary N) is 1. The maximum atomic E-state index is 13.0. The monoisotopic (exact) mass is 427 g/mol. The fraction of sp³-hybridized carbons (Fsp3) is 0.625. The van der Waals surface area contributed by atoms with Crippen molar-refractivity contribution in [2.45, 2.75) is 46.6 Å². The molecular weight excluding hydrogens is 390 g/mol. The van der Waals surface area contributed by atoms with E-state index < -0.39 is 0 Å². The van der Waals surface area contributed by atoms with Crippen LogP contribution in [0.3, 0.4) is 0 Å². The number of carbonyl (C=O) groups excluding carboxylic acids is 2. The minimum Gasteiger partial charge on any atom is -0.355 e. The molecule has 7 heteroatoms. The molecule has 170 valence electrons. The van der Waals surface area contributed by atoms with Crippen molar-refractivity contribution in [2.24, 2.45) is 11.3 Å². The Morgan fingerprint density at radius 2 is 1.87 bits per heavy atom. The van der Waals surface area contributed by atoms with E-state index >= 15 is 0 Å². The van der Waals surface area contributed by atoms with Crippen LogP contribution in [0.1, 0.15) is 39.4 Å². The van der Waals surface area contributed by atoms with E-state index in [1.165, 1.54) is 0 Å². The fourth-order valence-electron chi connectivity index (χ4n) is 4.58. The van der Waals surface area contributed by atoms with Gasteiger partial charge < -0.3 is 19.7 Å². The van der Waals surface area contributed by atoms with Crippen LogP contribution in [0.2, 0.25) is 0 Å². The molecule has 0 unspecified atom stereocenters. The zero-order valence-electron chi connectivity index (χ0n) is 19.6. The number of aryl methyl sites for hydroxylation is 1. The summed E-state index contributed by atoms with van der Waals surface area (Å²) in [6, 6.07) is 7.95. The second kappa shape index (κ2) is 9.81. The lowest BCUT2D eigenvalue weighted by molar-refractivity contribution is -0.136. The quantitative estimate of drug-likeness (QED) is 0.703. The maximum Gasteiger partial charge on any atom is 0.242 e. The summed E-state index contributed by atoms with van der Waals surface area (Å²) < 4.78 is 2.03. The summed E-state index contributed by atoms with van der Waals surface area (Å²) in [5.74, 6) is 1.14. The number of nitrogens with zero attached hydrogens (tertiary/aromatic N) is 4. The van der Waals surface area contributed by atoms with Gasteiger partial charge in [-0.2, -0.15) is 0 Å². The second-order valence-electron chi connectivity index (χ2n) is 9.73. The summed E-state index contributed by atoms with van der Waals surface area (Å²) in [7, 11) is 4.10. The van der Waals surface area contributed by atoms with Gasteiger partial charge in [-0.25, -0.2) is 4.98 Å². The van der Waals surface area contributed by atoms with E-state index in [9.17, 15) is 9.59 Å². The molecule has 0 spiro atoms. The maximum absolute atomic E-state index is 13.0. The Kier molecular flexibility index (Phi) is 7.36. The van der Waals surface area contributed by atoms with E-state index in [4.69, 9.17) is 0 Å². The summed E-state index contributed by atoms with van der Waals surface area (Å²) in [6.07, 6.45) is 2.22. The smallest absolute Gasteiger partial charge is 0.242 e. The third-order valence-corrected chi connectivity index (χ3v) is 6.05. The Hall–Kier alpha value is -2.41. The topological polar surface area (TPSA) is 70.5 Å². The Labute approximate surface area is 185 Å². The normalized spacial score (nSPS) is 15.6. The molecule has 1 aliphatic heterocycles. The number of likely N-dealkylation sites (tertiary alicyclic amines) is 1. The highest BCUT2D eigenvalue weighted by molar-refractivity contribution is 5.82. The number of fused-ring (bicyclic) bond motifs is 1. The van der Waals surface area contributed by atoms with Gasteiger partial charge in [0.1, 0.15) is 12.4 Å². The molecule has 7 nitrogen and oxygen atoms in total. The molecule has 1 aliphatic rings. The molecule has 1 fully saturated rings. The van der Waals surface area contributed by atoms with E-state index in [0.29, 0.717) is 26.2 Å². The van der Waals surface area contributed by atoms with E-state index in [0.717, 1.165) is 42.7 Å². The van der Waals surface area contributed by atoms with Crippen molar-refractivity contribution >= 4 is 22.8 Å². The van der Waals surface area contributed by atoms with Gasteiger partial charge in [0.15, 0.2) is 0 Å². The number of hydrogen-bond donors (Lipinski definition) is 1. The zero-order valence-corrected chi connectivity index (χ0v) is 19.6. The van der Waals surface area contributed by atoms with Gasteiger partial charge in [0.25, 0.3) is 0 Å². The molecule has 2 heterocycles. The van der Waals surface area contributed by atoms with Gasteiger partial charge in [0.2, 0.25) is 11.8 Å². The highest BCUT2D eigenvalue weighted by atomic mass is 16.2. The minimum atomic E-state index is -0.0144. The molecule has 2 aromatic rings. The minimum absolute atomic E-state index is 0.0144. The van der Waals surface area contributed by atoms with Crippen LogP contribution in [0, 0.1) is 11.3 Å². The molecular formula is C24H37N5O2. The molecule has 1 N–H and O–H groups in total. The van der Waals surface area contributed by atoms with Crippen LogP contribution in [-0.4, -0.2) is 71.4 Å². The third-order valence-electron chi connectivity index (χ3n) is 6.05. The summed E-state index contributed by atoms with van der Waals surface area (Å²) >= 11 is 0. The molecule has 1 aromatic heterocycles.